The molecule has 0 atom stereocenters. The van der Waals surface area contributed by atoms with Gasteiger partial charge in [0.25, 0.3) is 0 Å². The van der Waals surface area contributed by atoms with E-state index in [2.05, 4.69) is 0 Å². The Labute approximate surface area is 86.6 Å². The molecule has 0 heterocycles. The van der Waals surface area contributed by atoms with Crippen molar-refractivity contribution in [3.8, 4) is 5.75 Å². The summed E-state index contributed by atoms with van der Waals surface area (Å²) < 4.78 is 42.3. The highest BCUT2D eigenvalue weighted by Crippen LogP contribution is 2.35. The van der Waals surface area contributed by atoms with E-state index < -0.39 is 11.7 Å². The lowest BCUT2D eigenvalue weighted by molar-refractivity contribution is -0.138. The van der Waals surface area contributed by atoms with Crippen LogP contribution in [0.2, 0.25) is 0 Å². The van der Waals surface area contributed by atoms with Gasteiger partial charge >= 0.3 is 6.18 Å². The first-order valence-electron chi connectivity index (χ1n) is 4.24. The minimum absolute atomic E-state index is 0.0347. The predicted molar refractivity (Wildman–Crippen MR) is 51.4 cm³/mol. The smallest absolute Gasteiger partial charge is 0.419 e. The molecular weight excluding hydrogens is 206 g/mol. The zero-order valence-corrected chi connectivity index (χ0v) is 7.84. The van der Waals surface area contributed by atoms with E-state index in [-0.39, 0.29) is 24.4 Å². The summed E-state index contributed by atoms with van der Waals surface area (Å²) in [5, 5.41) is 0. The number of benzene rings is 1. The molecule has 2 radical (unpaired) electrons. The van der Waals surface area contributed by atoms with Crippen LogP contribution in [0.3, 0.4) is 0 Å². The van der Waals surface area contributed by atoms with Gasteiger partial charge in [-0.25, -0.2) is 0 Å². The Balaban J connectivity index is 3.04. The van der Waals surface area contributed by atoms with Crippen LogP contribution in [-0.4, -0.2) is 21.0 Å². The molecule has 0 aliphatic rings. The minimum atomic E-state index is -4.47. The molecule has 0 saturated carbocycles. The molecule has 0 spiro atoms. The van der Waals surface area contributed by atoms with Crippen LogP contribution in [0.25, 0.3) is 0 Å². The average molecular weight is 215 g/mol. The lowest BCUT2D eigenvalue weighted by Gasteiger charge is -2.14. The molecule has 0 aromatic heterocycles. The third-order valence-corrected chi connectivity index (χ3v) is 1.68. The van der Waals surface area contributed by atoms with Crippen LogP contribution in [0.5, 0.6) is 5.75 Å². The highest BCUT2D eigenvalue weighted by atomic mass is 19.4. The maximum atomic E-state index is 12.5. The molecular formula is C9H9BF3NO. The van der Waals surface area contributed by atoms with Crippen molar-refractivity contribution in [1.29, 1.82) is 0 Å². The number of alkyl halides is 3. The summed E-state index contributed by atoms with van der Waals surface area (Å²) in [6, 6.07) is 3.38. The van der Waals surface area contributed by atoms with Crippen LogP contribution >= 0.6 is 0 Å². The Morgan fingerprint density at radius 2 is 2.00 bits per heavy atom. The van der Waals surface area contributed by atoms with Gasteiger partial charge in [-0.3, -0.25) is 0 Å². The number of hydrogen-bond acceptors (Lipinski definition) is 2. The van der Waals surface area contributed by atoms with Crippen molar-refractivity contribution in [2.24, 2.45) is 5.73 Å². The minimum Gasteiger partial charge on any atom is -0.492 e. The molecule has 0 unspecified atom stereocenters. The second-order valence-electron chi connectivity index (χ2n) is 2.89. The van der Waals surface area contributed by atoms with Crippen LogP contribution in [0.15, 0.2) is 18.2 Å². The van der Waals surface area contributed by atoms with Crippen molar-refractivity contribution < 1.29 is 17.9 Å². The molecule has 1 aromatic carbocycles. The van der Waals surface area contributed by atoms with E-state index in [9.17, 15) is 13.2 Å². The van der Waals surface area contributed by atoms with Gasteiger partial charge in [0.15, 0.2) is 0 Å². The summed E-state index contributed by atoms with van der Waals surface area (Å²) in [4.78, 5) is 0. The molecule has 0 aliphatic carbocycles. The second kappa shape index (κ2) is 4.57. The second-order valence-corrected chi connectivity index (χ2v) is 2.89. The molecule has 6 heteroatoms. The number of hydrogen-bond donors (Lipinski definition) is 1. The Morgan fingerprint density at radius 3 is 2.53 bits per heavy atom. The van der Waals surface area contributed by atoms with Crippen molar-refractivity contribution in [3.05, 3.63) is 23.8 Å². The summed E-state index contributed by atoms with van der Waals surface area (Å²) >= 11 is 0. The maximum absolute atomic E-state index is 12.5. The Kier molecular flexibility index (Phi) is 3.63. The van der Waals surface area contributed by atoms with Gasteiger partial charge in [-0.1, -0.05) is 17.6 Å². The van der Waals surface area contributed by atoms with Crippen molar-refractivity contribution >= 4 is 13.3 Å². The molecule has 1 rings (SSSR count). The number of nitrogens with two attached hydrogens (primary N) is 1. The third-order valence-electron chi connectivity index (χ3n) is 1.68. The predicted octanol–water partition coefficient (Wildman–Crippen LogP) is 0.837. The lowest BCUT2D eigenvalue weighted by Crippen LogP contribution is -2.16. The van der Waals surface area contributed by atoms with Gasteiger partial charge in [-0.15, -0.1) is 0 Å². The van der Waals surface area contributed by atoms with Gasteiger partial charge in [-0.2, -0.15) is 13.2 Å². The third kappa shape index (κ3) is 3.16. The number of halogens is 3. The molecule has 2 N–H and O–H groups in total. The number of rotatable bonds is 3. The van der Waals surface area contributed by atoms with E-state index in [1.807, 2.05) is 0 Å². The van der Waals surface area contributed by atoms with E-state index in [1.165, 1.54) is 12.1 Å². The van der Waals surface area contributed by atoms with Crippen LogP contribution in [0.1, 0.15) is 5.56 Å². The van der Waals surface area contributed by atoms with Gasteiger partial charge < -0.3 is 10.5 Å². The zero-order chi connectivity index (χ0) is 11.5. The average Bonchev–Trinajstić information content (AvgIpc) is 2.14. The molecule has 1 aromatic rings. The first-order chi connectivity index (χ1) is 6.95. The highest BCUT2D eigenvalue weighted by molar-refractivity contribution is 6.32. The van der Waals surface area contributed by atoms with Gasteiger partial charge in [0.05, 0.1) is 5.56 Å². The molecule has 15 heavy (non-hydrogen) atoms. The molecule has 0 fully saturated rings. The molecule has 2 nitrogen and oxygen atoms in total. The molecule has 0 saturated heterocycles. The first kappa shape index (κ1) is 11.9. The SMILES string of the molecule is [B]c1ccc(OCCN)c(C(F)(F)F)c1. The van der Waals surface area contributed by atoms with Gasteiger partial charge in [-0.05, 0) is 6.07 Å². The largest absolute Gasteiger partial charge is 0.492 e. The van der Waals surface area contributed by atoms with Crippen molar-refractivity contribution in [1.82, 2.24) is 0 Å². The summed E-state index contributed by atoms with van der Waals surface area (Å²) in [6.45, 7) is 0.189. The molecule has 80 valence electrons. The summed E-state index contributed by atoms with van der Waals surface area (Å²) in [6.07, 6.45) is -4.47. The Bertz CT molecular complexity index is 341. The van der Waals surface area contributed by atoms with E-state index in [0.29, 0.717) is 0 Å². The number of ether oxygens (including phenoxy) is 1. The summed E-state index contributed by atoms with van der Waals surface area (Å²) in [7, 11) is 5.27. The molecule has 0 aliphatic heterocycles. The van der Waals surface area contributed by atoms with Crippen LogP contribution in [-0.2, 0) is 6.18 Å². The standard InChI is InChI=1S/C9H9BF3NO/c10-6-1-2-8(15-4-3-14)7(5-6)9(11,12)13/h1-2,5H,3-4,14H2. The summed E-state index contributed by atoms with van der Waals surface area (Å²) in [5.41, 5.74) is 4.30. The topological polar surface area (TPSA) is 35.2 Å². The van der Waals surface area contributed by atoms with E-state index >= 15 is 0 Å². The Hall–Kier alpha value is -1.17. The summed E-state index contributed by atoms with van der Waals surface area (Å²) in [5.74, 6) is -0.248. The van der Waals surface area contributed by atoms with Crippen LogP contribution < -0.4 is 15.9 Å². The van der Waals surface area contributed by atoms with Crippen molar-refractivity contribution in [3.63, 3.8) is 0 Å². The van der Waals surface area contributed by atoms with Gasteiger partial charge in [0, 0.05) is 6.54 Å². The fourth-order valence-electron chi connectivity index (χ4n) is 1.06. The fourth-order valence-corrected chi connectivity index (χ4v) is 1.06. The van der Waals surface area contributed by atoms with E-state index in [0.717, 1.165) is 6.07 Å². The quantitative estimate of drug-likeness (QED) is 0.758. The van der Waals surface area contributed by atoms with Crippen LogP contribution in [0, 0.1) is 0 Å². The first-order valence-corrected chi connectivity index (χ1v) is 4.24. The van der Waals surface area contributed by atoms with Crippen molar-refractivity contribution in [2.45, 2.75) is 6.18 Å². The Morgan fingerprint density at radius 1 is 1.33 bits per heavy atom. The van der Waals surface area contributed by atoms with E-state index in [1.54, 1.807) is 0 Å². The maximum Gasteiger partial charge on any atom is 0.419 e. The normalized spacial score (nSPS) is 11.5. The lowest BCUT2D eigenvalue weighted by atomic mass is 9.94. The molecule has 0 bridgehead atoms. The zero-order valence-electron chi connectivity index (χ0n) is 7.84. The van der Waals surface area contributed by atoms with Gasteiger partial charge in [0.1, 0.15) is 20.2 Å². The fraction of sp³-hybridized carbons (Fsp3) is 0.333. The van der Waals surface area contributed by atoms with Gasteiger partial charge in [0.2, 0.25) is 0 Å². The van der Waals surface area contributed by atoms with Crippen molar-refractivity contribution in [2.75, 3.05) is 13.2 Å². The van der Waals surface area contributed by atoms with E-state index in [4.69, 9.17) is 18.3 Å². The molecule has 0 amide bonds. The monoisotopic (exact) mass is 215 g/mol. The highest BCUT2D eigenvalue weighted by Gasteiger charge is 2.34. The van der Waals surface area contributed by atoms with Crippen LogP contribution in [0.4, 0.5) is 13.2 Å².